The van der Waals surface area contributed by atoms with Crippen LogP contribution in [0.15, 0.2) is 4.42 Å². The lowest BCUT2D eigenvalue weighted by atomic mass is 9.88. The molecule has 1 saturated carbocycles. The average Bonchev–Trinajstić information content (AvgIpc) is 2.60. The van der Waals surface area contributed by atoms with E-state index in [2.05, 4.69) is 15.1 Å². The summed E-state index contributed by atoms with van der Waals surface area (Å²) in [7, 11) is 2.02. The van der Waals surface area contributed by atoms with Crippen LogP contribution in [0, 0.1) is 0 Å². The molecule has 2 rings (SSSR count). The van der Waals surface area contributed by atoms with Crippen LogP contribution in [0.4, 0.5) is 0 Å². The Kier molecular flexibility index (Phi) is 3.02. The molecule has 1 aromatic rings. The minimum absolute atomic E-state index is 0.119. The van der Waals surface area contributed by atoms with Crippen molar-refractivity contribution in [1.82, 2.24) is 15.1 Å². The molecule has 0 amide bonds. The molecule has 0 bridgehead atoms. The quantitative estimate of drug-likeness (QED) is 0.789. The summed E-state index contributed by atoms with van der Waals surface area (Å²) in [6.45, 7) is 2.66. The smallest absolute Gasteiger partial charge is 0.230 e. The summed E-state index contributed by atoms with van der Waals surface area (Å²) in [6.07, 6.45) is 2.36. The van der Waals surface area contributed by atoms with Gasteiger partial charge in [0.15, 0.2) is 0 Å². The molecule has 1 aliphatic carbocycles. The van der Waals surface area contributed by atoms with E-state index < -0.39 is 0 Å². The maximum Gasteiger partial charge on any atom is 0.230 e. The molecular formula is C10H17N3O2. The number of hydrogen-bond donors (Lipinski definition) is 1. The van der Waals surface area contributed by atoms with E-state index in [1.165, 1.54) is 0 Å². The number of aliphatic hydroxyl groups excluding tert-OH is 1. The van der Waals surface area contributed by atoms with E-state index in [4.69, 9.17) is 4.42 Å². The van der Waals surface area contributed by atoms with Crippen molar-refractivity contribution in [3.63, 3.8) is 0 Å². The Labute approximate surface area is 89.1 Å². The van der Waals surface area contributed by atoms with Gasteiger partial charge in [-0.25, -0.2) is 0 Å². The van der Waals surface area contributed by atoms with Crippen molar-refractivity contribution in [3.05, 3.63) is 11.8 Å². The molecule has 0 aromatic carbocycles. The maximum absolute atomic E-state index is 9.20. The third-order valence-electron chi connectivity index (χ3n) is 2.91. The van der Waals surface area contributed by atoms with Gasteiger partial charge in [-0.15, -0.1) is 10.2 Å². The SMILES string of the molecule is CCc1nnc(CN(C)C2CC(O)C2)o1. The van der Waals surface area contributed by atoms with Crippen molar-refractivity contribution in [2.24, 2.45) is 0 Å². The molecule has 0 atom stereocenters. The fourth-order valence-corrected chi connectivity index (χ4v) is 1.76. The highest BCUT2D eigenvalue weighted by Crippen LogP contribution is 2.25. The van der Waals surface area contributed by atoms with Gasteiger partial charge in [-0.3, -0.25) is 4.90 Å². The van der Waals surface area contributed by atoms with Crippen LogP contribution < -0.4 is 0 Å². The molecule has 1 fully saturated rings. The van der Waals surface area contributed by atoms with Crippen molar-refractivity contribution in [2.75, 3.05) is 7.05 Å². The molecular weight excluding hydrogens is 194 g/mol. The Morgan fingerprint density at radius 2 is 2.07 bits per heavy atom. The summed E-state index contributed by atoms with van der Waals surface area (Å²) in [5.74, 6) is 1.35. The molecule has 1 aliphatic rings. The Bertz CT molecular complexity index is 320. The van der Waals surface area contributed by atoms with Gasteiger partial charge in [-0.2, -0.15) is 0 Å². The number of aryl methyl sites for hydroxylation is 1. The van der Waals surface area contributed by atoms with Crippen LogP contribution in [0.3, 0.4) is 0 Å². The molecule has 0 spiro atoms. The predicted octanol–water partition coefficient (Wildman–Crippen LogP) is 0.587. The first-order valence-electron chi connectivity index (χ1n) is 5.38. The molecule has 1 aromatic heterocycles. The van der Waals surface area contributed by atoms with E-state index in [-0.39, 0.29) is 6.10 Å². The fraction of sp³-hybridized carbons (Fsp3) is 0.800. The van der Waals surface area contributed by atoms with Crippen molar-refractivity contribution >= 4 is 0 Å². The van der Waals surface area contributed by atoms with E-state index >= 15 is 0 Å². The van der Waals surface area contributed by atoms with Gasteiger partial charge in [0.2, 0.25) is 11.8 Å². The van der Waals surface area contributed by atoms with Crippen LogP contribution in [0.5, 0.6) is 0 Å². The van der Waals surface area contributed by atoms with E-state index in [0.717, 1.165) is 19.3 Å². The Morgan fingerprint density at radius 1 is 1.40 bits per heavy atom. The molecule has 0 unspecified atom stereocenters. The summed E-state index contributed by atoms with van der Waals surface area (Å²) in [5.41, 5.74) is 0. The fourth-order valence-electron chi connectivity index (χ4n) is 1.76. The van der Waals surface area contributed by atoms with E-state index in [1.54, 1.807) is 0 Å². The zero-order valence-electron chi connectivity index (χ0n) is 9.18. The minimum atomic E-state index is -0.119. The number of nitrogens with zero attached hydrogens (tertiary/aromatic N) is 3. The lowest BCUT2D eigenvalue weighted by molar-refractivity contribution is 0.00640. The third kappa shape index (κ3) is 2.35. The minimum Gasteiger partial charge on any atom is -0.424 e. The first kappa shape index (κ1) is 10.6. The second-order valence-electron chi connectivity index (χ2n) is 4.14. The monoisotopic (exact) mass is 211 g/mol. The Morgan fingerprint density at radius 3 is 2.60 bits per heavy atom. The van der Waals surface area contributed by atoms with Gasteiger partial charge in [0.25, 0.3) is 0 Å². The topological polar surface area (TPSA) is 62.4 Å². The van der Waals surface area contributed by atoms with Crippen LogP contribution in [0.25, 0.3) is 0 Å². The highest BCUT2D eigenvalue weighted by molar-refractivity contribution is 4.88. The van der Waals surface area contributed by atoms with Crippen molar-refractivity contribution in [3.8, 4) is 0 Å². The van der Waals surface area contributed by atoms with Crippen molar-refractivity contribution in [1.29, 1.82) is 0 Å². The second-order valence-corrected chi connectivity index (χ2v) is 4.14. The van der Waals surface area contributed by atoms with Crippen LogP contribution >= 0.6 is 0 Å². The number of aromatic nitrogens is 2. The van der Waals surface area contributed by atoms with Gasteiger partial charge in [-0.05, 0) is 19.9 Å². The molecule has 15 heavy (non-hydrogen) atoms. The molecule has 5 heteroatoms. The largest absolute Gasteiger partial charge is 0.424 e. The molecule has 0 aliphatic heterocycles. The standard InChI is InChI=1S/C10H17N3O2/c1-3-9-11-12-10(15-9)6-13(2)7-4-8(14)5-7/h7-8,14H,3-6H2,1-2H3. The lowest BCUT2D eigenvalue weighted by Crippen LogP contribution is -2.44. The summed E-state index contributed by atoms with van der Waals surface area (Å²) in [6, 6.07) is 0.456. The van der Waals surface area contributed by atoms with E-state index in [0.29, 0.717) is 24.4 Å². The van der Waals surface area contributed by atoms with E-state index in [9.17, 15) is 5.11 Å². The van der Waals surface area contributed by atoms with Crippen LogP contribution in [-0.4, -0.2) is 39.4 Å². The molecule has 5 nitrogen and oxygen atoms in total. The normalized spacial score (nSPS) is 25.6. The Balaban J connectivity index is 1.85. The number of rotatable bonds is 4. The Hall–Kier alpha value is -0.940. The first-order chi connectivity index (χ1) is 7.19. The molecule has 0 saturated heterocycles. The van der Waals surface area contributed by atoms with Crippen molar-refractivity contribution in [2.45, 2.75) is 44.9 Å². The predicted molar refractivity (Wildman–Crippen MR) is 54.2 cm³/mol. The first-order valence-corrected chi connectivity index (χ1v) is 5.38. The van der Waals surface area contributed by atoms with Gasteiger partial charge in [0.1, 0.15) is 0 Å². The van der Waals surface area contributed by atoms with Crippen LogP contribution in [0.2, 0.25) is 0 Å². The molecule has 84 valence electrons. The molecule has 0 radical (unpaired) electrons. The zero-order valence-corrected chi connectivity index (χ0v) is 9.18. The number of aliphatic hydroxyl groups is 1. The summed E-state index contributed by atoms with van der Waals surface area (Å²) in [5, 5.41) is 17.1. The van der Waals surface area contributed by atoms with Gasteiger partial charge >= 0.3 is 0 Å². The van der Waals surface area contributed by atoms with Crippen LogP contribution in [-0.2, 0) is 13.0 Å². The zero-order chi connectivity index (χ0) is 10.8. The highest BCUT2D eigenvalue weighted by atomic mass is 16.4. The molecule has 1 N–H and O–H groups in total. The third-order valence-corrected chi connectivity index (χ3v) is 2.91. The summed E-state index contributed by atoms with van der Waals surface area (Å²) in [4.78, 5) is 2.15. The van der Waals surface area contributed by atoms with Gasteiger partial charge in [-0.1, -0.05) is 6.92 Å². The highest BCUT2D eigenvalue weighted by Gasteiger charge is 2.30. The molecule has 1 heterocycles. The van der Waals surface area contributed by atoms with Gasteiger partial charge in [0, 0.05) is 12.5 Å². The second kappa shape index (κ2) is 4.28. The van der Waals surface area contributed by atoms with Crippen LogP contribution in [0.1, 0.15) is 31.5 Å². The number of hydrogen-bond acceptors (Lipinski definition) is 5. The van der Waals surface area contributed by atoms with Gasteiger partial charge in [0.05, 0.1) is 12.6 Å². The lowest BCUT2D eigenvalue weighted by Gasteiger charge is -2.37. The summed E-state index contributed by atoms with van der Waals surface area (Å²) >= 11 is 0. The van der Waals surface area contributed by atoms with Crippen molar-refractivity contribution < 1.29 is 9.52 Å². The van der Waals surface area contributed by atoms with Gasteiger partial charge < -0.3 is 9.52 Å². The summed E-state index contributed by atoms with van der Waals surface area (Å²) < 4.78 is 5.42. The average molecular weight is 211 g/mol. The van der Waals surface area contributed by atoms with E-state index in [1.807, 2.05) is 14.0 Å². The maximum atomic E-state index is 9.20.